The van der Waals surface area contributed by atoms with E-state index in [-0.39, 0.29) is 5.82 Å². The summed E-state index contributed by atoms with van der Waals surface area (Å²) in [5.74, 6) is -0.273. The Morgan fingerprint density at radius 1 is 1.10 bits per heavy atom. The molecule has 0 spiro atoms. The van der Waals surface area contributed by atoms with Gasteiger partial charge < -0.3 is 11.1 Å². The van der Waals surface area contributed by atoms with Crippen LogP contribution in [0.25, 0.3) is 11.3 Å². The molecule has 1 heterocycles. The van der Waals surface area contributed by atoms with Crippen LogP contribution in [0, 0.1) is 5.82 Å². The Balaban J connectivity index is 1.82. The van der Waals surface area contributed by atoms with Crippen LogP contribution in [0.15, 0.2) is 53.9 Å². The molecular formula is C15H12FN3S. The van der Waals surface area contributed by atoms with Crippen LogP contribution < -0.4 is 11.1 Å². The van der Waals surface area contributed by atoms with Crippen molar-refractivity contribution >= 4 is 27.8 Å². The molecule has 0 amide bonds. The van der Waals surface area contributed by atoms with Crippen LogP contribution in [0.4, 0.5) is 20.9 Å². The number of benzene rings is 2. The third kappa shape index (κ3) is 2.78. The van der Waals surface area contributed by atoms with Crippen LogP contribution in [0.5, 0.6) is 0 Å². The fraction of sp³-hybridized carbons (Fsp3) is 0. The highest BCUT2D eigenvalue weighted by Crippen LogP contribution is 2.27. The SMILES string of the molecule is Nc1ccc(-c2csc(Nc3cccc(F)c3)n2)cc1. The molecule has 2 aromatic carbocycles. The minimum absolute atomic E-state index is 0.273. The van der Waals surface area contributed by atoms with Crippen LogP contribution in [0.1, 0.15) is 0 Å². The van der Waals surface area contributed by atoms with E-state index in [2.05, 4.69) is 10.3 Å². The van der Waals surface area contributed by atoms with Gasteiger partial charge in [-0.1, -0.05) is 18.2 Å². The van der Waals surface area contributed by atoms with E-state index in [4.69, 9.17) is 5.73 Å². The standard InChI is InChI=1S/C15H12FN3S/c16-11-2-1-3-13(8-11)18-15-19-14(9-20-15)10-4-6-12(17)7-5-10/h1-9H,17H2,(H,18,19). The van der Waals surface area contributed by atoms with Crippen molar-refractivity contribution in [2.45, 2.75) is 0 Å². The van der Waals surface area contributed by atoms with Crippen molar-refractivity contribution in [3.05, 3.63) is 59.7 Å². The second-order valence-corrected chi connectivity index (χ2v) is 5.15. The van der Waals surface area contributed by atoms with Crippen molar-refractivity contribution in [3.63, 3.8) is 0 Å². The van der Waals surface area contributed by atoms with Gasteiger partial charge in [0, 0.05) is 22.3 Å². The summed E-state index contributed by atoms with van der Waals surface area (Å²) in [6, 6.07) is 13.8. The fourth-order valence-corrected chi connectivity index (χ4v) is 2.55. The largest absolute Gasteiger partial charge is 0.399 e. The van der Waals surface area contributed by atoms with Gasteiger partial charge in [0.15, 0.2) is 5.13 Å². The van der Waals surface area contributed by atoms with Gasteiger partial charge in [0.2, 0.25) is 0 Å². The fourth-order valence-electron chi connectivity index (χ4n) is 1.81. The average molecular weight is 285 g/mol. The van der Waals surface area contributed by atoms with Crippen molar-refractivity contribution in [2.24, 2.45) is 0 Å². The molecule has 0 radical (unpaired) electrons. The summed E-state index contributed by atoms with van der Waals surface area (Å²) in [6.45, 7) is 0. The Morgan fingerprint density at radius 2 is 1.90 bits per heavy atom. The van der Waals surface area contributed by atoms with Crippen molar-refractivity contribution < 1.29 is 4.39 Å². The van der Waals surface area contributed by atoms with Crippen molar-refractivity contribution in [2.75, 3.05) is 11.1 Å². The molecule has 0 saturated carbocycles. The molecule has 20 heavy (non-hydrogen) atoms. The summed E-state index contributed by atoms with van der Waals surface area (Å²) < 4.78 is 13.1. The van der Waals surface area contributed by atoms with E-state index in [0.717, 1.165) is 22.1 Å². The first-order valence-electron chi connectivity index (χ1n) is 6.05. The van der Waals surface area contributed by atoms with E-state index in [0.29, 0.717) is 5.69 Å². The van der Waals surface area contributed by atoms with Gasteiger partial charge in [0.05, 0.1) is 5.69 Å². The van der Waals surface area contributed by atoms with Crippen molar-refractivity contribution in [1.82, 2.24) is 4.98 Å². The molecule has 5 heteroatoms. The molecular weight excluding hydrogens is 273 g/mol. The lowest BCUT2D eigenvalue weighted by Crippen LogP contribution is -1.90. The predicted molar refractivity (Wildman–Crippen MR) is 81.6 cm³/mol. The van der Waals surface area contributed by atoms with E-state index in [9.17, 15) is 4.39 Å². The highest BCUT2D eigenvalue weighted by molar-refractivity contribution is 7.14. The summed E-state index contributed by atoms with van der Waals surface area (Å²) in [5, 5.41) is 5.76. The van der Waals surface area contributed by atoms with E-state index >= 15 is 0 Å². The molecule has 0 fully saturated rings. The minimum Gasteiger partial charge on any atom is -0.399 e. The Labute approximate surface area is 119 Å². The first kappa shape index (κ1) is 12.6. The Kier molecular flexibility index (Phi) is 3.35. The molecule has 0 aliphatic rings. The second-order valence-electron chi connectivity index (χ2n) is 4.30. The lowest BCUT2D eigenvalue weighted by molar-refractivity contribution is 0.628. The molecule has 0 aliphatic carbocycles. The first-order chi connectivity index (χ1) is 9.70. The maximum Gasteiger partial charge on any atom is 0.187 e. The zero-order valence-electron chi connectivity index (χ0n) is 10.5. The highest BCUT2D eigenvalue weighted by Gasteiger charge is 2.05. The molecule has 1 aromatic heterocycles. The van der Waals surface area contributed by atoms with Gasteiger partial charge in [-0.25, -0.2) is 9.37 Å². The molecule has 0 bridgehead atoms. The molecule has 0 atom stereocenters. The molecule has 100 valence electrons. The number of thiazole rings is 1. The number of halogens is 1. The summed E-state index contributed by atoms with van der Waals surface area (Å²) in [7, 11) is 0. The molecule has 3 N–H and O–H groups in total. The number of hydrogen-bond acceptors (Lipinski definition) is 4. The maximum atomic E-state index is 13.1. The van der Waals surface area contributed by atoms with Gasteiger partial charge >= 0.3 is 0 Å². The lowest BCUT2D eigenvalue weighted by Gasteiger charge is -2.02. The highest BCUT2D eigenvalue weighted by atomic mass is 32.1. The van der Waals surface area contributed by atoms with Crippen LogP contribution in [-0.4, -0.2) is 4.98 Å². The van der Waals surface area contributed by atoms with Crippen LogP contribution in [-0.2, 0) is 0 Å². The lowest BCUT2D eigenvalue weighted by atomic mass is 10.1. The Morgan fingerprint density at radius 3 is 2.65 bits per heavy atom. The smallest absolute Gasteiger partial charge is 0.187 e. The van der Waals surface area contributed by atoms with Crippen molar-refractivity contribution in [3.8, 4) is 11.3 Å². The molecule has 3 aromatic rings. The maximum absolute atomic E-state index is 13.1. The number of hydrogen-bond donors (Lipinski definition) is 2. The zero-order chi connectivity index (χ0) is 13.9. The number of nitrogens with two attached hydrogens (primary N) is 1. The van der Waals surface area contributed by atoms with Crippen molar-refractivity contribution in [1.29, 1.82) is 0 Å². The Bertz CT molecular complexity index is 722. The summed E-state index contributed by atoms with van der Waals surface area (Å²) in [4.78, 5) is 4.48. The molecule has 3 nitrogen and oxygen atoms in total. The third-order valence-electron chi connectivity index (χ3n) is 2.79. The van der Waals surface area contributed by atoms with E-state index in [1.165, 1.54) is 23.5 Å². The number of anilines is 3. The topological polar surface area (TPSA) is 50.9 Å². The van der Waals surface area contributed by atoms with Gasteiger partial charge in [-0.2, -0.15) is 0 Å². The number of rotatable bonds is 3. The molecule has 0 aliphatic heterocycles. The molecule has 3 rings (SSSR count). The Hall–Kier alpha value is -2.40. The first-order valence-corrected chi connectivity index (χ1v) is 6.93. The van der Waals surface area contributed by atoms with E-state index < -0.39 is 0 Å². The molecule has 0 saturated heterocycles. The van der Waals surface area contributed by atoms with Gasteiger partial charge in [-0.3, -0.25) is 0 Å². The predicted octanol–water partition coefficient (Wildman–Crippen LogP) is 4.28. The minimum atomic E-state index is -0.273. The molecule has 0 unspecified atom stereocenters. The summed E-state index contributed by atoms with van der Waals surface area (Å²) in [5.41, 5.74) is 8.94. The monoisotopic (exact) mass is 285 g/mol. The van der Waals surface area contributed by atoms with Crippen LogP contribution in [0.3, 0.4) is 0 Å². The summed E-state index contributed by atoms with van der Waals surface area (Å²) >= 11 is 1.47. The normalized spacial score (nSPS) is 10.4. The quantitative estimate of drug-likeness (QED) is 0.706. The number of aromatic nitrogens is 1. The van der Waals surface area contributed by atoms with Crippen LogP contribution in [0.2, 0.25) is 0 Å². The second kappa shape index (κ2) is 5.30. The number of nitrogens with zero attached hydrogens (tertiary/aromatic N) is 1. The van der Waals surface area contributed by atoms with Gasteiger partial charge in [0.25, 0.3) is 0 Å². The zero-order valence-corrected chi connectivity index (χ0v) is 11.3. The number of nitrogen functional groups attached to an aromatic ring is 1. The van der Waals surface area contributed by atoms with Gasteiger partial charge in [0.1, 0.15) is 5.82 Å². The average Bonchev–Trinajstić information content (AvgIpc) is 2.88. The van der Waals surface area contributed by atoms with E-state index in [1.807, 2.05) is 29.6 Å². The number of nitrogens with one attached hydrogen (secondary N) is 1. The summed E-state index contributed by atoms with van der Waals surface area (Å²) in [6.07, 6.45) is 0. The van der Waals surface area contributed by atoms with Gasteiger partial charge in [-0.05, 0) is 30.3 Å². The van der Waals surface area contributed by atoms with Gasteiger partial charge in [-0.15, -0.1) is 11.3 Å². The van der Waals surface area contributed by atoms with Crippen LogP contribution >= 0.6 is 11.3 Å². The van der Waals surface area contributed by atoms with E-state index in [1.54, 1.807) is 12.1 Å². The third-order valence-corrected chi connectivity index (χ3v) is 3.54.